The standard InChI is InChI=1S/C20H17NOS/c1-14(17-6-4-3-5-7-17)20-15(2)21-19(23-20)13-10-16-8-11-18(22)12-9-16/h3-9,11-12,14,22H,1-2H3/t14-/m0/s1. The second-order valence-electron chi connectivity index (χ2n) is 5.40. The molecule has 0 aliphatic carbocycles. The van der Waals surface area contributed by atoms with Gasteiger partial charge in [-0.1, -0.05) is 43.2 Å². The molecule has 1 heterocycles. The molecule has 1 atom stereocenters. The van der Waals surface area contributed by atoms with E-state index in [1.165, 1.54) is 10.4 Å². The molecule has 1 N–H and O–H groups in total. The van der Waals surface area contributed by atoms with Gasteiger partial charge >= 0.3 is 0 Å². The molecule has 3 aromatic rings. The summed E-state index contributed by atoms with van der Waals surface area (Å²) in [7, 11) is 0. The van der Waals surface area contributed by atoms with E-state index in [0.717, 1.165) is 16.3 Å². The highest BCUT2D eigenvalue weighted by Gasteiger charge is 2.15. The maximum absolute atomic E-state index is 9.29. The molecule has 2 nitrogen and oxygen atoms in total. The largest absolute Gasteiger partial charge is 0.508 e. The molecule has 3 heteroatoms. The number of nitrogens with zero attached hydrogens (tertiary/aromatic N) is 1. The summed E-state index contributed by atoms with van der Waals surface area (Å²) in [4.78, 5) is 5.84. The highest BCUT2D eigenvalue weighted by atomic mass is 32.1. The van der Waals surface area contributed by atoms with Gasteiger partial charge < -0.3 is 5.11 Å². The highest BCUT2D eigenvalue weighted by molar-refractivity contribution is 7.12. The lowest BCUT2D eigenvalue weighted by Crippen LogP contribution is -1.94. The van der Waals surface area contributed by atoms with E-state index in [-0.39, 0.29) is 5.75 Å². The van der Waals surface area contributed by atoms with Crippen LogP contribution in [0.1, 0.15) is 39.5 Å². The van der Waals surface area contributed by atoms with Crippen LogP contribution in [0, 0.1) is 18.8 Å². The molecule has 0 radical (unpaired) electrons. The number of aryl methyl sites for hydroxylation is 1. The third-order valence-corrected chi connectivity index (χ3v) is 4.96. The molecule has 3 rings (SSSR count). The number of hydrogen-bond donors (Lipinski definition) is 1. The number of rotatable bonds is 2. The van der Waals surface area contributed by atoms with Gasteiger partial charge in [-0.25, -0.2) is 4.98 Å². The van der Waals surface area contributed by atoms with Gasteiger partial charge in [0.2, 0.25) is 0 Å². The zero-order valence-electron chi connectivity index (χ0n) is 13.1. The summed E-state index contributed by atoms with van der Waals surface area (Å²) in [6.45, 7) is 4.24. The lowest BCUT2D eigenvalue weighted by atomic mass is 9.99. The molecule has 23 heavy (non-hydrogen) atoms. The fourth-order valence-corrected chi connectivity index (χ4v) is 3.43. The van der Waals surface area contributed by atoms with E-state index in [9.17, 15) is 5.11 Å². The Morgan fingerprint density at radius 1 is 1.00 bits per heavy atom. The van der Waals surface area contributed by atoms with Crippen molar-refractivity contribution in [1.82, 2.24) is 4.98 Å². The van der Waals surface area contributed by atoms with E-state index >= 15 is 0 Å². The summed E-state index contributed by atoms with van der Waals surface area (Å²) in [5.41, 5.74) is 3.20. The smallest absolute Gasteiger partial charge is 0.167 e. The molecule has 0 saturated heterocycles. The van der Waals surface area contributed by atoms with Crippen LogP contribution in [-0.4, -0.2) is 10.1 Å². The van der Waals surface area contributed by atoms with Crippen molar-refractivity contribution in [3.05, 3.63) is 81.3 Å². The summed E-state index contributed by atoms with van der Waals surface area (Å²) in [5.74, 6) is 6.79. The first-order chi connectivity index (χ1) is 11.1. The number of hydrogen-bond acceptors (Lipinski definition) is 3. The molecule has 0 aliphatic heterocycles. The number of thiazole rings is 1. The number of benzene rings is 2. The van der Waals surface area contributed by atoms with Gasteiger partial charge in [-0.05, 0) is 42.7 Å². The second-order valence-corrected chi connectivity index (χ2v) is 6.43. The lowest BCUT2D eigenvalue weighted by molar-refractivity contribution is 0.475. The van der Waals surface area contributed by atoms with Gasteiger partial charge in [0.1, 0.15) is 5.75 Å². The van der Waals surface area contributed by atoms with Crippen LogP contribution in [0.3, 0.4) is 0 Å². The molecule has 2 aromatic carbocycles. The Kier molecular flexibility index (Phi) is 4.45. The number of phenolic OH excluding ortho intramolecular Hbond substituents is 1. The van der Waals surface area contributed by atoms with Gasteiger partial charge in [-0.15, -0.1) is 11.3 Å². The average molecular weight is 319 g/mol. The zero-order valence-corrected chi connectivity index (χ0v) is 13.9. The summed E-state index contributed by atoms with van der Waals surface area (Å²) >= 11 is 1.65. The zero-order chi connectivity index (χ0) is 16.2. The van der Waals surface area contributed by atoms with Crippen molar-refractivity contribution in [2.75, 3.05) is 0 Å². The van der Waals surface area contributed by atoms with Crippen molar-refractivity contribution in [2.24, 2.45) is 0 Å². The predicted molar refractivity (Wildman–Crippen MR) is 94.9 cm³/mol. The Hall–Kier alpha value is -2.57. The maximum Gasteiger partial charge on any atom is 0.167 e. The third kappa shape index (κ3) is 3.61. The molecular weight excluding hydrogens is 302 g/mol. The second kappa shape index (κ2) is 6.68. The summed E-state index contributed by atoms with van der Waals surface area (Å²) in [6.07, 6.45) is 0. The minimum Gasteiger partial charge on any atom is -0.508 e. The topological polar surface area (TPSA) is 33.1 Å². The molecular formula is C20H17NOS. The van der Waals surface area contributed by atoms with E-state index in [0.29, 0.717) is 5.92 Å². The van der Waals surface area contributed by atoms with Gasteiger partial charge in [-0.2, -0.15) is 0 Å². The SMILES string of the molecule is Cc1nc(C#Cc2ccc(O)cc2)sc1[C@@H](C)c1ccccc1. The Labute approximate surface area is 140 Å². The van der Waals surface area contributed by atoms with Crippen LogP contribution in [0.15, 0.2) is 54.6 Å². The first-order valence-electron chi connectivity index (χ1n) is 7.47. The normalized spacial score (nSPS) is 11.6. The van der Waals surface area contributed by atoms with Crippen molar-refractivity contribution < 1.29 is 5.11 Å². The van der Waals surface area contributed by atoms with E-state index in [1.807, 2.05) is 13.0 Å². The van der Waals surface area contributed by atoms with Gasteiger partial charge in [-0.3, -0.25) is 0 Å². The molecule has 0 aliphatic rings. The van der Waals surface area contributed by atoms with E-state index in [1.54, 1.807) is 35.6 Å². The highest BCUT2D eigenvalue weighted by Crippen LogP contribution is 2.31. The third-order valence-electron chi connectivity index (χ3n) is 3.71. The summed E-state index contributed by atoms with van der Waals surface area (Å²) in [5, 5.41) is 10.1. The quantitative estimate of drug-likeness (QED) is 0.694. The van der Waals surface area contributed by atoms with Crippen LogP contribution < -0.4 is 0 Å². The molecule has 0 unspecified atom stereocenters. The minimum absolute atomic E-state index is 0.250. The molecule has 0 amide bonds. The summed E-state index contributed by atoms with van der Waals surface area (Å²) in [6, 6.07) is 17.3. The fourth-order valence-electron chi connectivity index (χ4n) is 2.43. The molecule has 0 bridgehead atoms. The first kappa shape index (κ1) is 15.3. The molecule has 1 aromatic heterocycles. The van der Waals surface area contributed by atoms with Crippen molar-refractivity contribution in [1.29, 1.82) is 0 Å². The predicted octanol–water partition coefficient (Wildman–Crippen LogP) is 4.71. The van der Waals surface area contributed by atoms with Crippen molar-refractivity contribution in [3.8, 4) is 17.6 Å². The number of phenols is 1. The van der Waals surface area contributed by atoms with Crippen molar-refractivity contribution in [3.63, 3.8) is 0 Å². The summed E-state index contributed by atoms with van der Waals surface area (Å²) < 4.78 is 0. The van der Waals surface area contributed by atoms with Gasteiger partial charge in [0.15, 0.2) is 5.01 Å². The van der Waals surface area contributed by atoms with E-state index in [2.05, 4.69) is 48.0 Å². The van der Waals surface area contributed by atoms with Crippen LogP contribution in [-0.2, 0) is 0 Å². The van der Waals surface area contributed by atoms with Crippen molar-refractivity contribution in [2.45, 2.75) is 19.8 Å². The van der Waals surface area contributed by atoms with Gasteiger partial charge in [0, 0.05) is 16.4 Å². The number of aromatic nitrogens is 1. The Bertz CT molecular complexity index is 854. The van der Waals surface area contributed by atoms with E-state index in [4.69, 9.17) is 0 Å². The van der Waals surface area contributed by atoms with Gasteiger partial charge in [0.25, 0.3) is 0 Å². The van der Waals surface area contributed by atoms with Gasteiger partial charge in [0.05, 0.1) is 5.69 Å². The van der Waals surface area contributed by atoms with Crippen LogP contribution in [0.5, 0.6) is 5.75 Å². The Morgan fingerprint density at radius 2 is 1.70 bits per heavy atom. The maximum atomic E-state index is 9.29. The Balaban J connectivity index is 1.86. The monoisotopic (exact) mass is 319 g/mol. The first-order valence-corrected chi connectivity index (χ1v) is 8.28. The van der Waals surface area contributed by atoms with Crippen LogP contribution in [0.4, 0.5) is 0 Å². The average Bonchev–Trinajstić information content (AvgIpc) is 2.95. The molecule has 0 spiro atoms. The molecule has 0 fully saturated rings. The molecule has 0 saturated carbocycles. The fraction of sp³-hybridized carbons (Fsp3) is 0.150. The number of aromatic hydroxyl groups is 1. The Morgan fingerprint density at radius 3 is 2.39 bits per heavy atom. The van der Waals surface area contributed by atoms with Crippen LogP contribution >= 0.6 is 11.3 Å². The van der Waals surface area contributed by atoms with Crippen LogP contribution in [0.25, 0.3) is 0 Å². The lowest BCUT2D eigenvalue weighted by Gasteiger charge is -2.09. The minimum atomic E-state index is 0.250. The van der Waals surface area contributed by atoms with E-state index < -0.39 is 0 Å². The van der Waals surface area contributed by atoms with Crippen molar-refractivity contribution >= 4 is 11.3 Å². The van der Waals surface area contributed by atoms with Crippen LogP contribution in [0.2, 0.25) is 0 Å². The molecule has 114 valence electrons.